The molecule has 0 spiro atoms. The number of fused-ring (bicyclic) bond motifs is 4. The quantitative estimate of drug-likeness (QED) is 0.0279. The lowest BCUT2D eigenvalue weighted by atomic mass is 10.1. The molecule has 4 amide bonds. The number of benzene rings is 4. The first-order chi connectivity index (χ1) is 71.7. The maximum Gasteiger partial charge on any atom is 0.258 e. The molecule has 16 heterocycles. The first-order valence-corrected chi connectivity index (χ1v) is 54.8. The summed E-state index contributed by atoms with van der Waals surface area (Å²) >= 11 is 4.95. The molecular weight excluding hydrogens is 1920 g/mol. The van der Waals surface area contributed by atoms with Crippen LogP contribution in [0, 0.1) is 18.3 Å². The molecule has 0 radical (unpaired) electrons. The Hall–Kier alpha value is -12.0. The summed E-state index contributed by atoms with van der Waals surface area (Å²) < 4.78 is 30.7. The molecule has 4 aromatic carbocycles. The number of carbonyl (C=O) groups is 4. The van der Waals surface area contributed by atoms with Gasteiger partial charge in [0.2, 0.25) is 17.7 Å². The summed E-state index contributed by atoms with van der Waals surface area (Å²) in [6, 6.07) is 34.6. The van der Waals surface area contributed by atoms with E-state index >= 15 is 0 Å². The van der Waals surface area contributed by atoms with Crippen molar-refractivity contribution in [1.29, 1.82) is 5.26 Å². The molecule has 12 aromatic rings. The summed E-state index contributed by atoms with van der Waals surface area (Å²) in [4.78, 5) is 109. The van der Waals surface area contributed by atoms with Crippen LogP contribution in [0.2, 0.25) is 0 Å². The Labute approximate surface area is 873 Å². The largest absolute Gasteiger partial charge is 0.494 e. The van der Waals surface area contributed by atoms with Gasteiger partial charge in [0.05, 0.1) is 119 Å². The highest BCUT2D eigenvalue weighted by atomic mass is 32.1. The normalized spacial score (nSPS) is 17.9. The van der Waals surface area contributed by atoms with Crippen LogP contribution in [0.4, 0.5) is 27.9 Å². The van der Waals surface area contributed by atoms with Crippen molar-refractivity contribution in [1.82, 2.24) is 90.0 Å². The number of anilines is 5. The van der Waals surface area contributed by atoms with Gasteiger partial charge in [-0.2, -0.15) is 10.4 Å². The molecule has 8 aliphatic rings. The molecule has 38 heteroatoms. The van der Waals surface area contributed by atoms with Gasteiger partial charge in [-0.1, -0.05) is 38.1 Å². The fourth-order valence-electron chi connectivity index (χ4n) is 20.9. The summed E-state index contributed by atoms with van der Waals surface area (Å²) in [7, 11) is 3.42. The van der Waals surface area contributed by atoms with Crippen molar-refractivity contribution in [3.8, 4) is 23.3 Å². The number of hydrogen-bond donors (Lipinski definition) is 5. The van der Waals surface area contributed by atoms with Crippen molar-refractivity contribution in [3.63, 3.8) is 0 Å². The summed E-state index contributed by atoms with van der Waals surface area (Å²) in [5.74, 6) is 2.87. The standard InChI is InChI=1S/C32H43N7O4.C28H38N6O3S.C26H35N5O3S.C23H26N6OS/c1-42-28-8-7-24-5-2-12-34-31(24)32(28)38-16-4-15-36(19-20-38)27(23-29(40)33-13-18-37-14-3-6-30(37)41)26-9-17-39(35-26)25-10-21-43-22-11-25;1-28(2,36)27-31-21(19-38-27)22(18-24(35)33-14-10-29-11-15-33)32-12-5-13-34(17-16-32)26-23(37-3)8-7-20-6-4-9-30-25(20)26;1-18(2)26-29-21(17-35-26)15-30-9-5-10-31(12-11-30)24-23-20(6-4-7-28-23)14-19(3)25(24)34-16-22(33)27-8-13-32;24-15-18-13-19-3-1-4-25-22(19)21(14-18)28-6-2-5-27(7-8-28)16-20-17-31-23(26-20)29-9-11-30-12-10-29/h2,5,7-9,12,17,25,27H,3-4,6,10-11,13-16,18-23H2,1H3,(H,33,40);4,6-9,19,22,29,36H,5,10-18H2,1-3H3;4,6-7,14,17-18,32H,5,8-13,15-16H2,1-3H3,(H,27,33);1,3-4,13-14,17H,2,5-12,16H2. The van der Waals surface area contributed by atoms with Gasteiger partial charge in [0, 0.05) is 290 Å². The highest BCUT2D eigenvalue weighted by Crippen LogP contribution is 2.43. The van der Waals surface area contributed by atoms with E-state index in [1.54, 1.807) is 56.9 Å². The van der Waals surface area contributed by atoms with Crippen molar-refractivity contribution >= 4 is 129 Å². The number of nitrogens with zero attached hydrogens (tertiary/aromatic N) is 21. The molecule has 35 nitrogen and oxygen atoms in total. The molecule has 2 atom stereocenters. The number of aryl methyl sites for hydroxylation is 1. The number of rotatable bonds is 30. The fraction of sp³-hybridized carbons (Fsp3) is 0.514. The molecule has 147 heavy (non-hydrogen) atoms. The molecule has 8 saturated heterocycles. The summed E-state index contributed by atoms with van der Waals surface area (Å²) in [6.07, 6.45) is 17.4. The van der Waals surface area contributed by atoms with Gasteiger partial charge in [-0.3, -0.25) is 63.4 Å². The molecule has 5 N–H and O–H groups in total. The van der Waals surface area contributed by atoms with Crippen LogP contribution in [0.1, 0.15) is 160 Å². The first-order valence-electron chi connectivity index (χ1n) is 52.2. The zero-order valence-corrected chi connectivity index (χ0v) is 88.4. The highest BCUT2D eigenvalue weighted by molar-refractivity contribution is 7.13. The molecule has 20 rings (SSSR count). The number of nitrogens with one attached hydrogen (secondary N) is 3. The van der Waals surface area contributed by atoms with Crippen LogP contribution >= 0.6 is 34.0 Å². The Morgan fingerprint density at radius 3 is 1.73 bits per heavy atom. The smallest absolute Gasteiger partial charge is 0.258 e. The van der Waals surface area contributed by atoms with Crippen LogP contribution in [-0.4, -0.2) is 332 Å². The number of piperazine rings is 1. The van der Waals surface area contributed by atoms with E-state index in [2.05, 4.69) is 149 Å². The number of ether oxygens (including phenoxy) is 5. The van der Waals surface area contributed by atoms with Crippen molar-refractivity contribution < 1.29 is 53.1 Å². The number of likely N-dealkylation sites (tertiary alicyclic amines) is 1. The third-order valence-corrected chi connectivity index (χ3v) is 31.9. The number of aliphatic hydroxyl groups is 2. The van der Waals surface area contributed by atoms with E-state index in [-0.39, 0.29) is 55.5 Å². The van der Waals surface area contributed by atoms with Gasteiger partial charge in [-0.15, -0.1) is 34.0 Å². The van der Waals surface area contributed by atoms with E-state index in [4.69, 9.17) is 63.8 Å². The highest BCUT2D eigenvalue weighted by Gasteiger charge is 2.36. The van der Waals surface area contributed by atoms with Gasteiger partial charge >= 0.3 is 0 Å². The molecule has 8 fully saturated rings. The third kappa shape index (κ3) is 27.6. The second-order valence-corrected chi connectivity index (χ2v) is 42.1. The number of morpholine rings is 1. The van der Waals surface area contributed by atoms with Gasteiger partial charge in [-0.25, -0.2) is 15.0 Å². The molecule has 0 aliphatic carbocycles. The Morgan fingerprint density at radius 1 is 0.565 bits per heavy atom. The number of amides is 4. The Morgan fingerprint density at radius 2 is 1.13 bits per heavy atom. The average Bonchev–Trinajstić information content (AvgIpc) is 1.42. The molecule has 782 valence electrons. The summed E-state index contributed by atoms with van der Waals surface area (Å²) in [5, 5.41) is 56.7. The van der Waals surface area contributed by atoms with Crippen LogP contribution in [0.25, 0.3) is 43.6 Å². The van der Waals surface area contributed by atoms with Gasteiger partial charge in [0.1, 0.15) is 44.9 Å². The predicted molar refractivity (Wildman–Crippen MR) is 579 cm³/mol. The lowest BCUT2D eigenvalue weighted by Gasteiger charge is -2.33. The molecule has 2 unspecified atom stereocenters. The number of aliphatic hydroxyl groups excluding tert-OH is 1. The van der Waals surface area contributed by atoms with Gasteiger partial charge in [0.15, 0.2) is 11.7 Å². The number of thiazole rings is 3. The molecule has 0 bridgehead atoms. The molecule has 0 saturated carbocycles. The van der Waals surface area contributed by atoms with Crippen molar-refractivity contribution in [2.45, 2.75) is 142 Å². The Bertz CT molecular complexity index is 6410. The van der Waals surface area contributed by atoms with Crippen molar-refractivity contribution in [2.75, 3.05) is 249 Å². The Kier molecular flexibility index (Phi) is 37.5. The van der Waals surface area contributed by atoms with E-state index in [9.17, 15) is 29.5 Å². The fourth-order valence-corrected chi connectivity index (χ4v) is 23.4. The number of aromatic nitrogens is 9. The van der Waals surface area contributed by atoms with E-state index < -0.39 is 5.60 Å². The van der Waals surface area contributed by atoms with Crippen LogP contribution in [0.3, 0.4) is 0 Å². The second kappa shape index (κ2) is 51.8. The van der Waals surface area contributed by atoms with E-state index in [1.807, 2.05) is 95.3 Å². The number of hydrogen-bond acceptors (Lipinski definition) is 33. The van der Waals surface area contributed by atoms with Crippen LogP contribution in [0.5, 0.6) is 17.2 Å². The SMILES string of the molecule is COc1ccc2cccnc2c1N1CCCN(C(CC(=O)N2CCNCC2)c2csc(C(C)(C)O)n2)CC1.COc1ccc2cccnc2c1N1CCCN(C(CC(=O)NCCN2CCCC2=O)c2ccn(C3CCOCC3)n2)CC1.Cc1cc2cccnc2c(N2CCCN(Cc3csc(C(C)C)n3)CC2)c1OCC(=O)NCCO.N#Cc1cc(N2CCCN(Cc3csc(N4CCOCC4)n3)CC2)c2ncccc2c1. The number of nitriles is 1. The van der Waals surface area contributed by atoms with Crippen molar-refractivity contribution in [2.24, 2.45) is 0 Å². The maximum atomic E-state index is 13.4. The summed E-state index contributed by atoms with van der Waals surface area (Å²) in [6.45, 7) is 35.6. The second-order valence-electron chi connectivity index (χ2n) is 39.5. The van der Waals surface area contributed by atoms with Crippen LogP contribution in [0.15, 0.2) is 144 Å². The number of methoxy groups -OCH3 is 2. The van der Waals surface area contributed by atoms with Crippen molar-refractivity contribution in [3.05, 3.63) is 188 Å². The lowest BCUT2D eigenvalue weighted by Crippen LogP contribution is -2.47. The van der Waals surface area contributed by atoms with E-state index in [0.717, 1.165) is 346 Å². The average molecular weight is 2060 g/mol. The summed E-state index contributed by atoms with van der Waals surface area (Å²) in [5.41, 5.74) is 12.6. The minimum Gasteiger partial charge on any atom is -0.494 e. The van der Waals surface area contributed by atoms with Gasteiger partial charge < -0.3 is 84.1 Å². The molecular formula is C109H142N24O11S3. The number of pyridine rings is 4. The zero-order chi connectivity index (χ0) is 102. The minimum absolute atomic E-state index is 0.0155. The van der Waals surface area contributed by atoms with E-state index in [0.29, 0.717) is 60.6 Å². The van der Waals surface area contributed by atoms with Crippen LogP contribution in [-0.2, 0) is 47.3 Å². The molecule has 8 aliphatic heterocycles. The third-order valence-electron chi connectivity index (χ3n) is 28.5. The van der Waals surface area contributed by atoms with Gasteiger partial charge in [-0.05, 0) is 144 Å². The van der Waals surface area contributed by atoms with E-state index in [1.165, 1.54) is 16.3 Å². The van der Waals surface area contributed by atoms with Crippen LogP contribution < -0.4 is 54.7 Å². The predicted octanol–water partition coefficient (Wildman–Crippen LogP) is 12.6. The first kappa shape index (κ1) is 106. The topological polar surface area (TPSA) is 358 Å². The molecule has 8 aromatic heterocycles. The monoisotopic (exact) mass is 2060 g/mol. The maximum absolute atomic E-state index is 13.4. The zero-order valence-electron chi connectivity index (χ0n) is 86.0. The minimum atomic E-state index is -1.01. The Balaban J connectivity index is 0.000000135. The number of carbonyl (C=O) groups excluding carboxylic acids is 4. The van der Waals surface area contributed by atoms with Gasteiger partial charge in [0.25, 0.3) is 5.91 Å². The lowest BCUT2D eigenvalue weighted by molar-refractivity contribution is -0.133.